The van der Waals surface area contributed by atoms with E-state index in [1.54, 1.807) is 42.3 Å². The lowest BCUT2D eigenvalue weighted by Gasteiger charge is -2.22. The molecule has 35 heavy (non-hydrogen) atoms. The number of imidazole rings is 1. The predicted octanol–water partition coefficient (Wildman–Crippen LogP) is 3.55. The number of para-hydroxylation sites is 2. The predicted molar refractivity (Wildman–Crippen MR) is 125 cm³/mol. The van der Waals surface area contributed by atoms with Crippen LogP contribution in [0.1, 0.15) is 24.2 Å². The lowest BCUT2D eigenvalue weighted by Crippen LogP contribution is -2.33. The molecule has 1 N–H and O–H groups in total. The van der Waals surface area contributed by atoms with Gasteiger partial charge in [0.15, 0.2) is 6.61 Å². The fourth-order valence-corrected chi connectivity index (χ4v) is 4.38. The number of fused-ring (bicyclic) bond motifs is 1. The van der Waals surface area contributed by atoms with Crippen molar-refractivity contribution in [3.8, 4) is 5.75 Å². The molecule has 0 radical (unpaired) electrons. The third-order valence-corrected chi connectivity index (χ3v) is 6.02. The number of hydrogen-bond acceptors (Lipinski definition) is 5. The van der Waals surface area contributed by atoms with Crippen molar-refractivity contribution in [1.29, 1.82) is 0 Å². The summed E-state index contributed by atoms with van der Waals surface area (Å²) >= 11 is 0. The van der Waals surface area contributed by atoms with Crippen molar-refractivity contribution in [2.45, 2.75) is 38.2 Å². The van der Waals surface area contributed by atoms with Crippen LogP contribution in [0.2, 0.25) is 0 Å². The van der Waals surface area contributed by atoms with Crippen LogP contribution in [0.25, 0.3) is 11.0 Å². The van der Waals surface area contributed by atoms with Gasteiger partial charge < -0.3 is 19.3 Å². The highest BCUT2D eigenvalue weighted by Gasteiger charge is 2.38. The third kappa shape index (κ3) is 6.32. The molecule has 0 saturated carbocycles. The van der Waals surface area contributed by atoms with E-state index in [0.29, 0.717) is 17.8 Å². The van der Waals surface area contributed by atoms with Gasteiger partial charge in [-0.2, -0.15) is 13.2 Å². The first-order chi connectivity index (χ1) is 16.7. The topological polar surface area (TPSA) is 70.8 Å². The Hall–Kier alpha value is -3.11. The van der Waals surface area contributed by atoms with Crippen LogP contribution >= 0.6 is 0 Å². The normalized spacial score (nSPS) is 15.2. The summed E-state index contributed by atoms with van der Waals surface area (Å²) in [4.78, 5) is 19.5. The molecule has 188 valence electrons. The standard InChI is InChI=1S/C25H29F3N4O3/c1-30(14-18-8-10-20(11-9-18)35-17-23(34)31-12-4-5-13-31)15-19(33)16-32-22-7-3-2-6-21(22)29-24(32)25(26,27)28/h2-3,6-11,19,33H,4-5,12-17H2,1H3. The molecule has 1 saturated heterocycles. The second-order valence-electron chi connectivity index (χ2n) is 8.90. The zero-order valence-electron chi connectivity index (χ0n) is 19.5. The number of carbonyl (C=O) groups excluding carboxylic acids is 1. The SMILES string of the molecule is CN(Cc1ccc(OCC(=O)N2CCCC2)cc1)CC(O)Cn1c(C(F)(F)F)nc2ccccc21. The van der Waals surface area contributed by atoms with E-state index < -0.39 is 18.1 Å². The Morgan fingerprint density at radius 1 is 1.14 bits per heavy atom. The highest BCUT2D eigenvalue weighted by atomic mass is 19.4. The van der Waals surface area contributed by atoms with Gasteiger partial charge in [-0.25, -0.2) is 4.98 Å². The number of aliphatic hydroxyl groups is 1. The Labute approximate surface area is 201 Å². The van der Waals surface area contributed by atoms with Crippen molar-refractivity contribution in [3.63, 3.8) is 0 Å². The second kappa shape index (κ2) is 10.7. The summed E-state index contributed by atoms with van der Waals surface area (Å²) in [6, 6.07) is 13.7. The number of ether oxygens (including phenoxy) is 1. The van der Waals surface area contributed by atoms with E-state index in [-0.39, 0.29) is 31.1 Å². The van der Waals surface area contributed by atoms with Gasteiger partial charge in [-0.15, -0.1) is 0 Å². The van der Waals surface area contributed by atoms with Crippen molar-refractivity contribution < 1.29 is 27.8 Å². The second-order valence-corrected chi connectivity index (χ2v) is 8.90. The van der Waals surface area contributed by atoms with Crippen LogP contribution in [0.4, 0.5) is 13.2 Å². The number of nitrogens with zero attached hydrogens (tertiary/aromatic N) is 4. The van der Waals surface area contributed by atoms with E-state index in [9.17, 15) is 23.1 Å². The number of rotatable bonds is 9. The molecule has 7 nitrogen and oxygen atoms in total. The third-order valence-electron chi connectivity index (χ3n) is 6.02. The van der Waals surface area contributed by atoms with Gasteiger partial charge in [-0.05, 0) is 49.7 Å². The molecule has 2 aromatic carbocycles. The molecule has 1 fully saturated rings. The summed E-state index contributed by atoms with van der Waals surface area (Å²) in [6.45, 7) is 2.01. The first kappa shape index (κ1) is 25.0. The highest BCUT2D eigenvalue weighted by Crippen LogP contribution is 2.31. The summed E-state index contributed by atoms with van der Waals surface area (Å²) in [5.41, 5.74) is 1.52. The Morgan fingerprint density at radius 3 is 2.51 bits per heavy atom. The summed E-state index contributed by atoms with van der Waals surface area (Å²) in [5, 5.41) is 10.6. The van der Waals surface area contributed by atoms with E-state index >= 15 is 0 Å². The molecular weight excluding hydrogens is 461 g/mol. The van der Waals surface area contributed by atoms with Gasteiger partial charge in [0.25, 0.3) is 5.91 Å². The lowest BCUT2D eigenvalue weighted by atomic mass is 10.2. The van der Waals surface area contributed by atoms with Crippen molar-refractivity contribution in [3.05, 3.63) is 59.9 Å². The fraction of sp³-hybridized carbons (Fsp3) is 0.440. The minimum absolute atomic E-state index is 0.00822. The van der Waals surface area contributed by atoms with Crippen LogP contribution in [0, 0.1) is 0 Å². The van der Waals surface area contributed by atoms with Gasteiger partial charge in [-0.1, -0.05) is 24.3 Å². The first-order valence-corrected chi connectivity index (χ1v) is 11.6. The molecule has 1 aliphatic heterocycles. The van der Waals surface area contributed by atoms with Crippen LogP contribution in [0.15, 0.2) is 48.5 Å². The molecule has 2 heterocycles. The molecule has 4 rings (SSSR count). The Bertz CT molecular complexity index is 1140. The Balaban J connectivity index is 1.31. The van der Waals surface area contributed by atoms with Crippen molar-refractivity contribution >= 4 is 16.9 Å². The van der Waals surface area contributed by atoms with Crippen molar-refractivity contribution in [1.82, 2.24) is 19.4 Å². The highest BCUT2D eigenvalue weighted by molar-refractivity contribution is 5.78. The quantitative estimate of drug-likeness (QED) is 0.497. The van der Waals surface area contributed by atoms with Gasteiger partial charge >= 0.3 is 6.18 Å². The average molecular weight is 491 g/mol. The number of aliphatic hydroxyl groups excluding tert-OH is 1. The summed E-state index contributed by atoms with van der Waals surface area (Å²) in [5.74, 6) is -0.436. The van der Waals surface area contributed by atoms with E-state index in [1.165, 1.54) is 6.07 Å². The smallest absolute Gasteiger partial charge is 0.449 e. The maximum atomic E-state index is 13.5. The number of carbonyl (C=O) groups is 1. The maximum Gasteiger partial charge on any atom is 0.449 e. The van der Waals surface area contributed by atoms with Crippen LogP contribution in [-0.2, 0) is 24.1 Å². The van der Waals surface area contributed by atoms with E-state index in [1.807, 2.05) is 17.0 Å². The molecule has 1 aliphatic rings. The Kier molecular flexibility index (Phi) is 7.61. The average Bonchev–Trinajstić information content (AvgIpc) is 3.47. The van der Waals surface area contributed by atoms with Crippen LogP contribution < -0.4 is 4.74 Å². The van der Waals surface area contributed by atoms with Crippen molar-refractivity contribution in [2.75, 3.05) is 33.3 Å². The summed E-state index contributed by atoms with van der Waals surface area (Å²) < 4.78 is 47.1. The van der Waals surface area contributed by atoms with E-state index in [4.69, 9.17) is 4.74 Å². The van der Waals surface area contributed by atoms with Crippen LogP contribution in [0.3, 0.4) is 0 Å². The molecule has 10 heteroatoms. The minimum atomic E-state index is -4.62. The molecule has 1 atom stereocenters. The van der Waals surface area contributed by atoms with Crippen LogP contribution in [0.5, 0.6) is 5.75 Å². The monoisotopic (exact) mass is 490 g/mol. The summed E-state index contributed by atoms with van der Waals surface area (Å²) in [7, 11) is 1.79. The number of likely N-dealkylation sites (N-methyl/N-ethyl adjacent to an activating group) is 1. The molecule has 1 aromatic heterocycles. The minimum Gasteiger partial charge on any atom is -0.484 e. The lowest BCUT2D eigenvalue weighted by molar-refractivity contribution is -0.147. The molecular formula is C25H29F3N4O3. The molecule has 0 aliphatic carbocycles. The van der Waals surface area contributed by atoms with Crippen molar-refractivity contribution in [2.24, 2.45) is 0 Å². The molecule has 3 aromatic rings. The first-order valence-electron chi connectivity index (χ1n) is 11.6. The molecule has 1 unspecified atom stereocenters. The number of amides is 1. The van der Waals surface area contributed by atoms with Crippen LogP contribution in [-0.4, -0.2) is 69.8 Å². The number of alkyl halides is 3. The van der Waals surface area contributed by atoms with E-state index in [2.05, 4.69) is 4.98 Å². The van der Waals surface area contributed by atoms with Gasteiger partial charge in [0.2, 0.25) is 5.82 Å². The summed E-state index contributed by atoms with van der Waals surface area (Å²) in [6.07, 6.45) is -3.58. The number of benzene rings is 2. The molecule has 1 amide bonds. The molecule has 0 bridgehead atoms. The maximum absolute atomic E-state index is 13.5. The fourth-order valence-electron chi connectivity index (χ4n) is 4.38. The Morgan fingerprint density at radius 2 is 1.83 bits per heavy atom. The largest absolute Gasteiger partial charge is 0.484 e. The zero-order valence-corrected chi connectivity index (χ0v) is 19.5. The van der Waals surface area contributed by atoms with Gasteiger partial charge in [0, 0.05) is 26.2 Å². The number of aromatic nitrogens is 2. The zero-order chi connectivity index (χ0) is 25.0. The van der Waals surface area contributed by atoms with Gasteiger partial charge in [0.05, 0.1) is 23.7 Å². The van der Waals surface area contributed by atoms with Gasteiger partial charge in [-0.3, -0.25) is 9.69 Å². The number of hydrogen-bond donors (Lipinski definition) is 1. The molecule has 0 spiro atoms. The number of likely N-dealkylation sites (tertiary alicyclic amines) is 1. The van der Waals surface area contributed by atoms with E-state index in [0.717, 1.165) is 36.1 Å². The number of halogens is 3. The van der Waals surface area contributed by atoms with Gasteiger partial charge in [0.1, 0.15) is 5.75 Å².